The second-order valence-corrected chi connectivity index (χ2v) is 14.4. The monoisotopic (exact) mass is 772 g/mol. The van der Waals surface area contributed by atoms with Crippen molar-refractivity contribution < 1.29 is 116 Å². The number of ether oxygens (including phenoxy) is 3. The minimum atomic E-state index is -4.94. The van der Waals surface area contributed by atoms with Gasteiger partial charge in [-0.25, -0.2) is 0 Å². The van der Waals surface area contributed by atoms with Gasteiger partial charge in [-0.15, -0.1) is 0 Å². The number of unbranched alkanes of at least 4 members (excludes halogenated alkanes) is 18. The Morgan fingerprint density at radius 2 is 0.902 bits per heavy atom. The molecule has 0 aliphatic carbocycles. The number of carboxylic acid groups (broad SMARTS) is 2. The van der Waals surface area contributed by atoms with Gasteiger partial charge in [-0.1, -0.05) is 142 Å². The summed E-state index contributed by atoms with van der Waals surface area (Å²) in [5.74, 6) is -4.08. The van der Waals surface area contributed by atoms with Gasteiger partial charge in [0.05, 0.1) is 57.8 Å². The van der Waals surface area contributed by atoms with Gasteiger partial charge in [-0.2, -0.15) is 8.42 Å². The number of carboxylic acids is 2. The summed E-state index contributed by atoms with van der Waals surface area (Å²) < 4.78 is 46.3. The van der Waals surface area contributed by atoms with Gasteiger partial charge in [0.15, 0.2) is 0 Å². The van der Waals surface area contributed by atoms with Crippen LogP contribution in [0.1, 0.15) is 162 Å². The van der Waals surface area contributed by atoms with Crippen LogP contribution in [0.3, 0.4) is 0 Å². The summed E-state index contributed by atoms with van der Waals surface area (Å²) in [5.41, 5.74) is 0. The van der Waals surface area contributed by atoms with Crippen LogP contribution in [0.25, 0.3) is 0 Å². The molecule has 0 saturated heterocycles. The first kappa shape index (κ1) is 58.4. The van der Waals surface area contributed by atoms with Crippen LogP contribution in [-0.4, -0.2) is 92.2 Å². The molecule has 0 heterocycles. The molecule has 0 bridgehead atoms. The summed E-state index contributed by atoms with van der Waals surface area (Å²) in [4.78, 5) is 19.7. The number of hydrogen-bond donors (Lipinski definition) is 3. The van der Waals surface area contributed by atoms with E-state index in [4.69, 9.17) is 29.0 Å². The largest absolute Gasteiger partial charge is 1.00 e. The molecule has 0 spiro atoms. The zero-order valence-electron chi connectivity index (χ0n) is 32.7. The van der Waals surface area contributed by atoms with Crippen LogP contribution >= 0.6 is 0 Å². The van der Waals surface area contributed by atoms with Crippen LogP contribution in [0.2, 0.25) is 0 Å². The van der Waals surface area contributed by atoms with Crippen LogP contribution in [0, 0.1) is 0 Å². The Balaban J connectivity index is -0.000000671. The molecule has 0 amide bonds. The number of hydrogen-bond acceptors (Lipinski definition) is 11. The van der Waals surface area contributed by atoms with Crippen LogP contribution < -0.4 is 69.3 Å². The van der Waals surface area contributed by atoms with E-state index in [2.05, 4.69) is 13.8 Å². The van der Waals surface area contributed by atoms with Gasteiger partial charge < -0.3 is 44.2 Å². The van der Waals surface area contributed by atoms with Gasteiger partial charge in [-0.05, 0) is 12.8 Å². The first-order chi connectivity index (χ1) is 23.5. The van der Waals surface area contributed by atoms with Crippen molar-refractivity contribution >= 4 is 22.1 Å². The number of aliphatic hydroxyl groups is 2. The maximum atomic E-state index is 10.2. The quantitative estimate of drug-likeness (QED) is 0.0380. The summed E-state index contributed by atoms with van der Waals surface area (Å²) in [7, 11) is -4.94. The van der Waals surface area contributed by atoms with E-state index in [1.54, 1.807) is 0 Å². The Morgan fingerprint density at radius 1 is 0.588 bits per heavy atom. The zero-order chi connectivity index (χ0) is 37.0. The van der Waals surface area contributed by atoms with Crippen molar-refractivity contribution in [3.63, 3.8) is 0 Å². The van der Waals surface area contributed by atoms with Gasteiger partial charge in [0.1, 0.15) is 5.25 Å². The van der Waals surface area contributed by atoms with Crippen LogP contribution in [0.15, 0.2) is 0 Å². The van der Waals surface area contributed by atoms with E-state index in [1.807, 2.05) is 0 Å². The van der Waals surface area contributed by atoms with Gasteiger partial charge in [-0.3, -0.25) is 4.55 Å². The van der Waals surface area contributed by atoms with Crippen molar-refractivity contribution in [2.75, 3.05) is 39.6 Å². The van der Waals surface area contributed by atoms with Crippen molar-refractivity contribution in [2.45, 2.75) is 179 Å². The standard InChI is InChI=1S/C32H66O5.C4H6O7S.2Na/c1-3-5-7-9-11-13-15-17-19-21-23-31(29-35-27-25-33)37-32(30-36-28-26-34)24-22-20-18-16-14-12-10-8-6-4-2;5-3(6)1-2(4(7)8)12(9,10)11;;/h31-34H,3-30H2,1-2H3;2H,1H2,(H,5,6)(H,7,8)(H,9,10,11);;/q;;2*+1/p-2. The second-order valence-electron chi connectivity index (χ2n) is 12.8. The zero-order valence-corrected chi connectivity index (χ0v) is 37.5. The minimum absolute atomic E-state index is 0. The number of aliphatic hydroxyl groups excluding tert-OH is 2. The van der Waals surface area contributed by atoms with Gasteiger partial charge in [0.25, 0.3) is 10.1 Å². The molecule has 0 fully saturated rings. The van der Waals surface area contributed by atoms with Crippen molar-refractivity contribution in [3.05, 3.63) is 0 Å². The van der Waals surface area contributed by atoms with Crippen molar-refractivity contribution in [1.29, 1.82) is 0 Å². The fraction of sp³-hybridized carbons (Fsp3) is 0.944. The Bertz CT molecular complexity index is 816. The summed E-state index contributed by atoms with van der Waals surface area (Å²) in [6.45, 7) is 6.44. The third kappa shape index (κ3) is 43.2. The average molecular weight is 773 g/mol. The number of aliphatic carboxylic acids is 2. The summed E-state index contributed by atoms with van der Waals surface area (Å²) in [6, 6.07) is 0. The summed E-state index contributed by atoms with van der Waals surface area (Å²) >= 11 is 0. The molecule has 0 saturated carbocycles. The molecule has 0 aliphatic rings. The average Bonchev–Trinajstić information content (AvgIpc) is 3.04. The van der Waals surface area contributed by atoms with Crippen molar-refractivity contribution in [3.8, 4) is 0 Å². The number of carbonyl (C=O) groups is 2. The van der Waals surface area contributed by atoms with Crippen molar-refractivity contribution in [2.24, 2.45) is 0 Å². The third-order valence-electron chi connectivity index (χ3n) is 8.20. The molecule has 3 atom stereocenters. The predicted molar refractivity (Wildman–Crippen MR) is 187 cm³/mol. The van der Waals surface area contributed by atoms with Crippen LogP contribution in [0.5, 0.6) is 0 Å². The molecule has 0 radical (unpaired) electrons. The molecular weight excluding hydrogens is 702 g/mol. The van der Waals surface area contributed by atoms with Gasteiger partial charge >= 0.3 is 59.1 Å². The van der Waals surface area contributed by atoms with E-state index in [-0.39, 0.29) is 84.5 Å². The fourth-order valence-electron chi connectivity index (χ4n) is 5.39. The van der Waals surface area contributed by atoms with Crippen molar-refractivity contribution in [1.82, 2.24) is 0 Å². The normalized spacial score (nSPS) is 12.9. The van der Waals surface area contributed by atoms with E-state index in [0.29, 0.717) is 26.4 Å². The molecule has 3 N–H and O–H groups in total. The predicted octanol–water partition coefficient (Wildman–Crippen LogP) is -1.48. The van der Waals surface area contributed by atoms with Crippen LogP contribution in [-0.2, 0) is 33.9 Å². The van der Waals surface area contributed by atoms with Gasteiger partial charge in [0, 0.05) is 12.4 Å². The first-order valence-corrected chi connectivity index (χ1v) is 20.4. The molecular formula is C36H70Na2O12S. The number of rotatable bonds is 36. The SMILES string of the molecule is CCCCCCCCCCCCC(COCCO)OC(CCCCCCCCCCCC)COCCO.O=C([O-])CC(C(=O)[O-])S(=O)(=O)O.[Na+].[Na+]. The molecule has 0 aromatic heterocycles. The van der Waals surface area contributed by atoms with E-state index in [9.17, 15) is 28.2 Å². The maximum Gasteiger partial charge on any atom is 1.00 e. The molecule has 3 unspecified atom stereocenters. The molecule has 0 rings (SSSR count). The molecule has 0 aliphatic heterocycles. The molecule has 0 aromatic rings. The van der Waals surface area contributed by atoms with E-state index in [0.717, 1.165) is 25.7 Å². The summed E-state index contributed by atoms with van der Waals surface area (Å²) in [5, 5.41) is 35.5. The Kier molecular flexibility index (Phi) is 49.6. The van der Waals surface area contributed by atoms with Gasteiger partial charge in [0.2, 0.25) is 0 Å². The molecule has 51 heavy (non-hydrogen) atoms. The topological polar surface area (TPSA) is 203 Å². The maximum absolute atomic E-state index is 10.2. The Hall–Kier alpha value is 0.650. The smallest absolute Gasteiger partial charge is 0.550 e. The molecule has 294 valence electrons. The number of carbonyl (C=O) groups excluding carboxylic acids is 2. The van der Waals surface area contributed by atoms with Crippen LogP contribution in [0.4, 0.5) is 0 Å². The van der Waals surface area contributed by atoms with E-state index < -0.39 is 33.7 Å². The molecule has 12 nitrogen and oxygen atoms in total. The van der Waals surface area contributed by atoms with E-state index >= 15 is 0 Å². The summed E-state index contributed by atoms with van der Waals surface area (Å²) in [6.07, 6.45) is 27.3. The Morgan fingerprint density at radius 3 is 1.14 bits per heavy atom. The minimum Gasteiger partial charge on any atom is -0.550 e. The molecule has 0 aromatic carbocycles. The van der Waals surface area contributed by atoms with E-state index in [1.165, 1.54) is 116 Å². The fourth-order valence-corrected chi connectivity index (χ4v) is 5.98. The third-order valence-corrected chi connectivity index (χ3v) is 9.28. The Labute approximate surface area is 354 Å². The molecule has 15 heteroatoms. The second kappa shape index (κ2) is 43.4. The first-order valence-electron chi connectivity index (χ1n) is 18.9.